The van der Waals surface area contributed by atoms with E-state index < -0.39 is 41.7 Å². The van der Waals surface area contributed by atoms with Crippen LogP contribution in [0, 0.1) is 23.7 Å². The molecule has 12 nitrogen and oxygen atoms in total. The molecule has 1 aromatic rings. The van der Waals surface area contributed by atoms with Gasteiger partial charge in [0.15, 0.2) is 5.78 Å². The first-order valence-electron chi connectivity index (χ1n) is 20.4. The zero-order chi connectivity index (χ0) is 41.6. The van der Waals surface area contributed by atoms with Crippen molar-refractivity contribution >= 4 is 29.4 Å². The van der Waals surface area contributed by atoms with Gasteiger partial charge in [-0.1, -0.05) is 71.4 Å². The van der Waals surface area contributed by atoms with E-state index in [4.69, 9.17) is 9.47 Å². The topological polar surface area (TPSA) is 138 Å². The summed E-state index contributed by atoms with van der Waals surface area (Å²) in [7, 11) is 6.63. The number of Topliss-reactive ketones (excluding diaryl/α,β-unsaturated/α-hetero) is 1. The number of methoxy groups -OCH3 is 2. The van der Waals surface area contributed by atoms with Gasteiger partial charge in [-0.3, -0.25) is 24.0 Å². The molecule has 1 aliphatic rings. The van der Waals surface area contributed by atoms with Crippen molar-refractivity contribution in [2.24, 2.45) is 23.7 Å². The van der Waals surface area contributed by atoms with E-state index in [0.717, 1.165) is 18.4 Å². The van der Waals surface area contributed by atoms with Crippen LogP contribution in [-0.4, -0.2) is 128 Å². The molecule has 2 N–H and O–H groups in total. The minimum absolute atomic E-state index is 0.00309. The van der Waals surface area contributed by atoms with Crippen molar-refractivity contribution in [3.8, 4) is 0 Å². The first kappa shape index (κ1) is 47.8. The predicted octanol–water partition coefficient (Wildman–Crippen LogP) is 4.73. The second-order valence-corrected chi connectivity index (χ2v) is 16.2. The molecule has 1 heterocycles. The van der Waals surface area contributed by atoms with Gasteiger partial charge in [-0.05, 0) is 65.0 Å². The average molecular weight is 772 g/mol. The Morgan fingerprint density at radius 1 is 0.927 bits per heavy atom. The van der Waals surface area contributed by atoms with Crippen molar-refractivity contribution in [1.29, 1.82) is 0 Å². The number of nitrogens with one attached hydrogen (secondary N) is 2. The van der Waals surface area contributed by atoms with Crippen LogP contribution in [-0.2, 0) is 39.9 Å². The lowest BCUT2D eigenvalue weighted by Gasteiger charge is -2.41. The number of ketones is 1. The number of carbonyl (C=O) groups is 5. The Kier molecular flexibility index (Phi) is 19.5. The molecule has 12 heteroatoms. The van der Waals surface area contributed by atoms with E-state index in [0.29, 0.717) is 32.5 Å². The number of likely N-dealkylation sites (tertiary alicyclic amines) is 1. The van der Waals surface area contributed by atoms with Gasteiger partial charge in [0.25, 0.3) is 0 Å². The third-order valence-corrected chi connectivity index (χ3v) is 12.1. The van der Waals surface area contributed by atoms with E-state index in [-0.39, 0.29) is 60.1 Å². The third-order valence-electron chi connectivity index (χ3n) is 12.1. The molecule has 4 amide bonds. The highest BCUT2D eigenvalue weighted by molar-refractivity contribution is 5.92. The minimum Gasteiger partial charge on any atom is -0.379 e. The normalized spacial score (nSPS) is 18.5. The van der Waals surface area contributed by atoms with Crippen molar-refractivity contribution in [3.05, 3.63) is 35.9 Å². The van der Waals surface area contributed by atoms with Crippen LogP contribution in [0.4, 0.5) is 0 Å². The Balaban J connectivity index is 2.31. The zero-order valence-electron chi connectivity index (χ0n) is 36.1. The SMILES string of the molecule is CC[C@H](C)[C@@H]([C@@H](CC(=O)N1CCC[C@H]1[C@H](OC)[C@@H](C)C(=O)N[C@@H](Cc1ccccc1)C(=O)N(CC)CC)OC)N(C)C(=O)[C@@H](CC(=O)C(C)(C)NC)C(C)C. The monoisotopic (exact) mass is 772 g/mol. The van der Waals surface area contributed by atoms with Crippen molar-refractivity contribution in [2.75, 3.05) is 47.9 Å². The van der Waals surface area contributed by atoms with Crippen LogP contribution >= 0.6 is 0 Å². The summed E-state index contributed by atoms with van der Waals surface area (Å²) in [5, 5.41) is 6.09. The Labute approximate surface area is 331 Å². The number of benzene rings is 1. The fourth-order valence-corrected chi connectivity index (χ4v) is 7.88. The van der Waals surface area contributed by atoms with Gasteiger partial charge in [-0.2, -0.15) is 0 Å². The van der Waals surface area contributed by atoms with Gasteiger partial charge < -0.3 is 34.8 Å². The Hall–Kier alpha value is -3.35. The van der Waals surface area contributed by atoms with Crippen LogP contribution < -0.4 is 10.6 Å². The van der Waals surface area contributed by atoms with Crippen LogP contribution in [0.25, 0.3) is 0 Å². The molecule has 312 valence electrons. The van der Waals surface area contributed by atoms with Crippen LogP contribution in [0.15, 0.2) is 30.3 Å². The van der Waals surface area contributed by atoms with Crippen LogP contribution in [0.1, 0.15) is 100.0 Å². The zero-order valence-corrected chi connectivity index (χ0v) is 36.1. The number of ether oxygens (including phenoxy) is 2. The second-order valence-electron chi connectivity index (χ2n) is 16.2. The standard InChI is InChI=1S/C43H73N5O7/c1-14-29(6)38(46(11)41(52)32(28(4)5)26-36(49)43(8,9)44-10)35(54-12)27-37(50)48-24-20-23-34(48)39(55-13)30(7)40(51)45-33(42(53)47(15-2)16-3)25-31-21-18-17-19-22-31/h17-19,21-22,28-30,32-35,38-39,44H,14-16,20,23-27H2,1-13H3,(H,45,51)/t29-,30+,32-,33-,34-,35+,38-,39+/m0/s1. The summed E-state index contributed by atoms with van der Waals surface area (Å²) in [6, 6.07) is 8.10. The second kappa shape index (κ2) is 22.4. The van der Waals surface area contributed by atoms with E-state index in [1.165, 1.54) is 0 Å². The summed E-state index contributed by atoms with van der Waals surface area (Å²) in [4.78, 5) is 74.5. The summed E-state index contributed by atoms with van der Waals surface area (Å²) < 4.78 is 12.0. The van der Waals surface area contributed by atoms with E-state index >= 15 is 0 Å². The minimum atomic E-state index is -0.763. The Bertz CT molecular complexity index is 1380. The maximum atomic E-state index is 14.3. The summed E-state index contributed by atoms with van der Waals surface area (Å²) in [5.74, 6) is -2.03. The quantitative estimate of drug-likeness (QED) is 0.163. The van der Waals surface area contributed by atoms with E-state index in [1.807, 2.05) is 71.9 Å². The lowest BCUT2D eigenvalue weighted by molar-refractivity contribution is -0.149. The number of nitrogens with zero attached hydrogens (tertiary/aromatic N) is 3. The molecular formula is C43H73N5O7. The van der Waals surface area contributed by atoms with E-state index in [9.17, 15) is 24.0 Å². The van der Waals surface area contributed by atoms with E-state index in [1.54, 1.807) is 49.9 Å². The number of amides is 4. The maximum Gasteiger partial charge on any atom is 0.245 e. The van der Waals surface area contributed by atoms with Crippen molar-refractivity contribution < 1.29 is 33.4 Å². The average Bonchev–Trinajstić information content (AvgIpc) is 3.66. The molecule has 0 radical (unpaired) electrons. The number of likely N-dealkylation sites (N-methyl/N-ethyl adjacent to an activating group) is 3. The molecule has 0 bridgehead atoms. The summed E-state index contributed by atoms with van der Waals surface area (Å²) in [5.41, 5.74) is 0.180. The lowest BCUT2D eigenvalue weighted by atomic mass is 9.83. The molecule has 2 rings (SSSR count). The summed E-state index contributed by atoms with van der Waals surface area (Å²) in [6.45, 7) is 18.9. The molecule has 1 fully saturated rings. The largest absolute Gasteiger partial charge is 0.379 e. The van der Waals surface area contributed by atoms with Crippen molar-refractivity contribution in [3.63, 3.8) is 0 Å². The molecule has 0 spiro atoms. The molecule has 8 atom stereocenters. The molecule has 0 aliphatic carbocycles. The smallest absolute Gasteiger partial charge is 0.245 e. The van der Waals surface area contributed by atoms with Gasteiger partial charge >= 0.3 is 0 Å². The first-order valence-corrected chi connectivity index (χ1v) is 20.4. The summed E-state index contributed by atoms with van der Waals surface area (Å²) >= 11 is 0. The Morgan fingerprint density at radius 3 is 2.05 bits per heavy atom. The fraction of sp³-hybridized carbons (Fsp3) is 0.744. The molecule has 0 aromatic heterocycles. The molecule has 1 aliphatic heterocycles. The van der Waals surface area contributed by atoms with Crippen molar-refractivity contribution in [2.45, 2.75) is 137 Å². The molecule has 0 unspecified atom stereocenters. The Morgan fingerprint density at radius 2 is 1.55 bits per heavy atom. The number of hydrogen-bond acceptors (Lipinski definition) is 8. The van der Waals surface area contributed by atoms with Crippen LogP contribution in [0.2, 0.25) is 0 Å². The van der Waals surface area contributed by atoms with Crippen LogP contribution in [0.5, 0.6) is 0 Å². The highest BCUT2D eigenvalue weighted by Gasteiger charge is 2.43. The number of hydrogen-bond donors (Lipinski definition) is 2. The number of rotatable bonds is 23. The van der Waals surface area contributed by atoms with Gasteiger partial charge in [-0.15, -0.1) is 0 Å². The summed E-state index contributed by atoms with van der Waals surface area (Å²) in [6.07, 6.45) is 1.43. The maximum absolute atomic E-state index is 14.3. The highest BCUT2D eigenvalue weighted by Crippen LogP contribution is 2.31. The fourth-order valence-electron chi connectivity index (χ4n) is 7.88. The van der Waals surface area contributed by atoms with Gasteiger partial charge in [-0.25, -0.2) is 0 Å². The van der Waals surface area contributed by atoms with Crippen molar-refractivity contribution in [1.82, 2.24) is 25.3 Å². The molecule has 55 heavy (non-hydrogen) atoms. The van der Waals surface area contributed by atoms with Crippen LogP contribution in [0.3, 0.4) is 0 Å². The predicted molar refractivity (Wildman–Crippen MR) is 217 cm³/mol. The van der Waals surface area contributed by atoms with Gasteiger partial charge in [0.1, 0.15) is 6.04 Å². The lowest BCUT2D eigenvalue weighted by Crippen LogP contribution is -2.55. The van der Waals surface area contributed by atoms with Gasteiger partial charge in [0.05, 0.1) is 42.2 Å². The number of carbonyl (C=O) groups excluding carboxylic acids is 5. The van der Waals surface area contributed by atoms with E-state index in [2.05, 4.69) is 24.5 Å². The molecular weight excluding hydrogens is 699 g/mol. The van der Waals surface area contributed by atoms with Gasteiger partial charge in [0, 0.05) is 59.7 Å². The first-order chi connectivity index (χ1) is 25.9. The highest BCUT2D eigenvalue weighted by atomic mass is 16.5. The third kappa shape index (κ3) is 12.6. The molecule has 1 aromatic carbocycles. The molecule has 0 saturated carbocycles. The van der Waals surface area contributed by atoms with Gasteiger partial charge in [0.2, 0.25) is 23.6 Å². The molecule has 1 saturated heterocycles.